The molecule has 0 saturated heterocycles. The molecule has 0 aliphatic rings. The number of carboxylic acids is 1. The number of aliphatic carboxylic acids is 1. The standard InChI is InChI=1S/C11H23N3O3/c1-5-6-14(8-10(15)16)11(17)12-9(2)7-13(3)4/h9H,5-8H2,1-4H3,(H,12,17)(H,15,16). The van der Waals surface area contributed by atoms with E-state index in [-0.39, 0.29) is 18.6 Å². The zero-order valence-electron chi connectivity index (χ0n) is 11.1. The van der Waals surface area contributed by atoms with Crippen molar-refractivity contribution in [1.82, 2.24) is 15.1 Å². The Morgan fingerprint density at radius 1 is 1.35 bits per heavy atom. The van der Waals surface area contributed by atoms with Gasteiger partial charge < -0.3 is 20.2 Å². The highest BCUT2D eigenvalue weighted by atomic mass is 16.4. The average molecular weight is 245 g/mol. The van der Waals surface area contributed by atoms with Gasteiger partial charge in [0.1, 0.15) is 6.54 Å². The van der Waals surface area contributed by atoms with Crippen molar-refractivity contribution in [2.24, 2.45) is 0 Å². The van der Waals surface area contributed by atoms with E-state index in [1.807, 2.05) is 32.8 Å². The Morgan fingerprint density at radius 2 is 1.94 bits per heavy atom. The van der Waals surface area contributed by atoms with Gasteiger partial charge in [0.15, 0.2) is 0 Å². The quantitative estimate of drug-likeness (QED) is 0.683. The van der Waals surface area contributed by atoms with Gasteiger partial charge in [0.25, 0.3) is 0 Å². The fourth-order valence-electron chi connectivity index (χ4n) is 1.58. The van der Waals surface area contributed by atoms with Gasteiger partial charge in [-0.1, -0.05) is 6.92 Å². The van der Waals surface area contributed by atoms with Crippen molar-refractivity contribution in [2.75, 3.05) is 33.7 Å². The number of carbonyl (C=O) groups excluding carboxylic acids is 1. The van der Waals surface area contributed by atoms with Gasteiger partial charge in [0.05, 0.1) is 0 Å². The summed E-state index contributed by atoms with van der Waals surface area (Å²) in [5.74, 6) is -0.992. The van der Waals surface area contributed by atoms with E-state index in [9.17, 15) is 9.59 Å². The Labute approximate surface area is 103 Å². The van der Waals surface area contributed by atoms with Crippen LogP contribution in [-0.2, 0) is 4.79 Å². The van der Waals surface area contributed by atoms with E-state index in [1.165, 1.54) is 4.90 Å². The molecule has 0 saturated carbocycles. The van der Waals surface area contributed by atoms with E-state index in [0.29, 0.717) is 6.54 Å². The summed E-state index contributed by atoms with van der Waals surface area (Å²) in [6.45, 7) is 4.72. The number of carbonyl (C=O) groups is 2. The van der Waals surface area contributed by atoms with Gasteiger partial charge in [-0.05, 0) is 27.4 Å². The van der Waals surface area contributed by atoms with E-state index in [2.05, 4.69) is 5.32 Å². The van der Waals surface area contributed by atoms with Crippen molar-refractivity contribution < 1.29 is 14.7 Å². The lowest BCUT2D eigenvalue weighted by Crippen LogP contribution is -2.48. The SMILES string of the molecule is CCCN(CC(=O)O)C(=O)NC(C)CN(C)C. The molecule has 1 unspecified atom stereocenters. The molecule has 2 amide bonds. The van der Waals surface area contributed by atoms with Crippen LogP contribution < -0.4 is 5.32 Å². The van der Waals surface area contributed by atoms with Gasteiger partial charge in [-0.2, -0.15) is 0 Å². The summed E-state index contributed by atoms with van der Waals surface area (Å²) in [5, 5.41) is 11.5. The third kappa shape index (κ3) is 7.57. The van der Waals surface area contributed by atoms with Crippen molar-refractivity contribution in [3.8, 4) is 0 Å². The summed E-state index contributed by atoms with van der Waals surface area (Å²) in [7, 11) is 3.84. The summed E-state index contributed by atoms with van der Waals surface area (Å²) in [5.41, 5.74) is 0. The van der Waals surface area contributed by atoms with Gasteiger partial charge in [0.2, 0.25) is 0 Å². The van der Waals surface area contributed by atoms with Gasteiger partial charge >= 0.3 is 12.0 Å². The van der Waals surface area contributed by atoms with Crippen LogP contribution in [0.1, 0.15) is 20.3 Å². The van der Waals surface area contributed by atoms with Crippen LogP contribution in [0, 0.1) is 0 Å². The molecule has 6 nitrogen and oxygen atoms in total. The molecule has 17 heavy (non-hydrogen) atoms. The van der Waals surface area contributed by atoms with E-state index < -0.39 is 5.97 Å². The zero-order valence-corrected chi connectivity index (χ0v) is 11.1. The lowest BCUT2D eigenvalue weighted by molar-refractivity contribution is -0.137. The number of amides is 2. The minimum Gasteiger partial charge on any atom is -0.480 e. The topological polar surface area (TPSA) is 72.9 Å². The molecule has 6 heteroatoms. The van der Waals surface area contributed by atoms with Crippen molar-refractivity contribution in [3.05, 3.63) is 0 Å². The predicted octanol–water partition coefficient (Wildman–Crippen LogP) is 0.443. The third-order valence-corrected chi connectivity index (χ3v) is 2.12. The summed E-state index contributed by atoms with van der Waals surface area (Å²) in [6, 6.07) is -0.325. The van der Waals surface area contributed by atoms with Gasteiger partial charge in [-0.3, -0.25) is 4.79 Å². The molecule has 100 valence electrons. The van der Waals surface area contributed by atoms with Crippen LogP contribution in [0.5, 0.6) is 0 Å². The largest absolute Gasteiger partial charge is 0.480 e. The Balaban J connectivity index is 4.26. The van der Waals surface area contributed by atoms with Crippen molar-refractivity contribution in [3.63, 3.8) is 0 Å². The number of hydrogen-bond acceptors (Lipinski definition) is 3. The van der Waals surface area contributed by atoms with Crippen LogP contribution in [0.15, 0.2) is 0 Å². The van der Waals surface area contributed by atoms with Crippen LogP contribution in [-0.4, -0.2) is 66.7 Å². The molecule has 0 aliphatic carbocycles. The molecule has 0 aromatic carbocycles. The predicted molar refractivity (Wildman–Crippen MR) is 66.0 cm³/mol. The van der Waals surface area contributed by atoms with E-state index in [4.69, 9.17) is 5.11 Å². The number of likely N-dealkylation sites (N-methyl/N-ethyl adjacent to an activating group) is 1. The van der Waals surface area contributed by atoms with Crippen molar-refractivity contribution in [2.45, 2.75) is 26.3 Å². The van der Waals surface area contributed by atoms with Gasteiger partial charge in [-0.25, -0.2) is 4.79 Å². The number of urea groups is 1. The first kappa shape index (κ1) is 15.7. The molecular formula is C11H23N3O3. The van der Waals surface area contributed by atoms with Gasteiger partial charge in [0, 0.05) is 19.1 Å². The number of nitrogens with zero attached hydrogens (tertiary/aromatic N) is 2. The molecule has 0 bridgehead atoms. The second-order valence-electron chi connectivity index (χ2n) is 4.43. The smallest absolute Gasteiger partial charge is 0.323 e. The highest BCUT2D eigenvalue weighted by Gasteiger charge is 2.17. The summed E-state index contributed by atoms with van der Waals surface area (Å²) < 4.78 is 0. The second kappa shape index (κ2) is 7.89. The molecule has 0 fully saturated rings. The number of rotatable bonds is 7. The number of nitrogens with one attached hydrogen (secondary N) is 1. The van der Waals surface area contributed by atoms with Crippen LogP contribution >= 0.6 is 0 Å². The lowest BCUT2D eigenvalue weighted by atomic mass is 10.3. The Kier molecular flexibility index (Phi) is 7.29. The van der Waals surface area contributed by atoms with Crippen molar-refractivity contribution >= 4 is 12.0 Å². The van der Waals surface area contributed by atoms with Crippen LogP contribution in [0.25, 0.3) is 0 Å². The first-order valence-corrected chi connectivity index (χ1v) is 5.78. The number of hydrogen-bond donors (Lipinski definition) is 2. The Hall–Kier alpha value is -1.30. The maximum Gasteiger partial charge on any atom is 0.323 e. The molecular weight excluding hydrogens is 222 g/mol. The first-order chi connectivity index (χ1) is 7.86. The Morgan fingerprint density at radius 3 is 2.35 bits per heavy atom. The zero-order chi connectivity index (χ0) is 13.4. The molecule has 2 N–H and O–H groups in total. The van der Waals surface area contributed by atoms with Crippen LogP contribution in [0.4, 0.5) is 4.79 Å². The first-order valence-electron chi connectivity index (χ1n) is 5.78. The molecule has 0 radical (unpaired) electrons. The van der Waals surface area contributed by atoms with Crippen LogP contribution in [0.3, 0.4) is 0 Å². The minimum absolute atomic E-state index is 0.00866. The summed E-state index contributed by atoms with van der Waals surface area (Å²) >= 11 is 0. The summed E-state index contributed by atoms with van der Waals surface area (Å²) in [4.78, 5) is 25.7. The molecule has 0 spiro atoms. The number of carboxylic acid groups (broad SMARTS) is 1. The minimum atomic E-state index is -0.992. The van der Waals surface area contributed by atoms with E-state index in [0.717, 1.165) is 13.0 Å². The molecule has 0 aromatic rings. The average Bonchev–Trinajstić information content (AvgIpc) is 2.14. The maximum absolute atomic E-state index is 11.8. The van der Waals surface area contributed by atoms with Gasteiger partial charge in [-0.15, -0.1) is 0 Å². The molecule has 0 aromatic heterocycles. The summed E-state index contributed by atoms with van der Waals surface area (Å²) in [6.07, 6.45) is 0.739. The fourth-order valence-corrected chi connectivity index (χ4v) is 1.58. The monoisotopic (exact) mass is 245 g/mol. The maximum atomic E-state index is 11.8. The molecule has 1 atom stereocenters. The second-order valence-corrected chi connectivity index (χ2v) is 4.43. The van der Waals surface area contributed by atoms with Crippen molar-refractivity contribution in [1.29, 1.82) is 0 Å². The highest BCUT2D eigenvalue weighted by molar-refractivity contribution is 5.80. The fraction of sp³-hybridized carbons (Fsp3) is 0.818. The lowest BCUT2D eigenvalue weighted by Gasteiger charge is -2.24. The van der Waals surface area contributed by atoms with E-state index in [1.54, 1.807) is 0 Å². The van der Waals surface area contributed by atoms with Crippen LogP contribution in [0.2, 0.25) is 0 Å². The van der Waals surface area contributed by atoms with E-state index >= 15 is 0 Å². The Bertz CT molecular complexity index is 256. The molecule has 0 aliphatic heterocycles. The molecule has 0 heterocycles. The third-order valence-electron chi connectivity index (χ3n) is 2.12. The normalized spacial score (nSPS) is 12.3. The highest BCUT2D eigenvalue weighted by Crippen LogP contribution is 1.95. The molecule has 0 rings (SSSR count).